The molecule has 4 aliphatic rings. The van der Waals surface area contributed by atoms with Crippen molar-refractivity contribution >= 4 is 5.91 Å². The van der Waals surface area contributed by atoms with Crippen LogP contribution in [0.3, 0.4) is 0 Å². The van der Waals surface area contributed by atoms with Gasteiger partial charge in [0.15, 0.2) is 0 Å². The molecule has 0 aromatic heterocycles. The summed E-state index contributed by atoms with van der Waals surface area (Å²) in [4.78, 5) is 13.2. The number of hydrogen-bond acceptors (Lipinski definition) is 1. The van der Waals surface area contributed by atoms with Crippen molar-refractivity contribution in [2.75, 3.05) is 0 Å². The Labute approximate surface area is 142 Å². The predicted octanol–water partition coefficient (Wildman–Crippen LogP) is 4.78. The van der Waals surface area contributed by atoms with E-state index in [1.807, 2.05) is 0 Å². The van der Waals surface area contributed by atoms with Crippen molar-refractivity contribution in [3.05, 3.63) is 0 Å². The number of carbonyl (C=O) groups is 1. The average Bonchev–Trinajstić information content (AvgIpc) is 2.97. The van der Waals surface area contributed by atoms with Gasteiger partial charge < -0.3 is 5.32 Å². The first-order valence-electron chi connectivity index (χ1n) is 9.84. The van der Waals surface area contributed by atoms with Crippen molar-refractivity contribution in [3.8, 4) is 0 Å². The molecule has 23 heavy (non-hydrogen) atoms. The van der Waals surface area contributed by atoms with Crippen LogP contribution in [0.4, 0.5) is 0 Å². The number of carbonyl (C=O) groups excluding carboxylic acids is 1. The van der Waals surface area contributed by atoms with Crippen LogP contribution < -0.4 is 5.32 Å². The Kier molecular flexibility index (Phi) is 3.02. The molecular formula is C21H35NO. The smallest absolute Gasteiger partial charge is 0.223 e. The third kappa shape index (κ3) is 1.69. The molecule has 4 aliphatic carbocycles. The zero-order valence-corrected chi connectivity index (χ0v) is 16.0. The lowest BCUT2D eigenvalue weighted by atomic mass is 9.66. The van der Waals surface area contributed by atoms with Gasteiger partial charge in [-0.3, -0.25) is 4.79 Å². The standard InChI is InChI=1S/C21H35NO/c1-18(2)13-7-9-20(18,5)15(11-13)17(23)22-16-12-14-8-10-21(16,6)19(14,3)4/h13-16H,7-12H2,1-6H3,(H,22,23)/t13?,14?,15?,16?,20-,21?/m0/s1. The molecule has 2 heteroatoms. The van der Waals surface area contributed by atoms with Gasteiger partial charge in [0.25, 0.3) is 0 Å². The van der Waals surface area contributed by atoms with Crippen molar-refractivity contribution in [2.24, 2.45) is 39.4 Å². The van der Waals surface area contributed by atoms with E-state index in [-0.39, 0.29) is 11.3 Å². The molecule has 0 radical (unpaired) electrons. The Morgan fingerprint density at radius 3 is 1.74 bits per heavy atom. The summed E-state index contributed by atoms with van der Waals surface area (Å²) in [5.41, 5.74) is 1.20. The van der Waals surface area contributed by atoms with Crippen LogP contribution in [0.25, 0.3) is 0 Å². The first-order chi connectivity index (χ1) is 10.5. The summed E-state index contributed by atoms with van der Waals surface area (Å²) in [6, 6.07) is 0.398. The molecule has 1 N–H and O–H groups in total. The Hall–Kier alpha value is -0.530. The van der Waals surface area contributed by atoms with Crippen LogP contribution >= 0.6 is 0 Å². The molecule has 4 bridgehead atoms. The molecule has 4 saturated carbocycles. The highest BCUT2D eigenvalue weighted by Crippen LogP contribution is 2.69. The molecule has 4 rings (SSSR count). The third-order valence-corrected chi connectivity index (χ3v) is 10.2. The topological polar surface area (TPSA) is 29.1 Å². The molecule has 6 atom stereocenters. The first kappa shape index (κ1) is 16.0. The van der Waals surface area contributed by atoms with Gasteiger partial charge in [0.1, 0.15) is 0 Å². The van der Waals surface area contributed by atoms with E-state index in [1.54, 1.807) is 0 Å². The van der Waals surface area contributed by atoms with Gasteiger partial charge in [-0.25, -0.2) is 0 Å². The van der Waals surface area contributed by atoms with E-state index in [0.29, 0.717) is 28.2 Å². The molecule has 0 aromatic carbocycles. The van der Waals surface area contributed by atoms with Crippen molar-refractivity contribution in [1.82, 2.24) is 5.32 Å². The highest BCUT2D eigenvalue weighted by atomic mass is 16.2. The van der Waals surface area contributed by atoms with Gasteiger partial charge in [0, 0.05) is 12.0 Å². The van der Waals surface area contributed by atoms with Gasteiger partial charge in [-0.05, 0) is 72.0 Å². The summed E-state index contributed by atoms with van der Waals surface area (Å²) in [5, 5.41) is 3.56. The van der Waals surface area contributed by atoms with Crippen LogP contribution in [0.15, 0.2) is 0 Å². The molecule has 1 amide bonds. The summed E-state index contributed by atoms with van der Waals surface area (Å²) in [6.45, 7) is 14.5. The molecule has 0 saturated heterocycles. The molecule has 2 nitrogen and oxygen atoms in total. The van der Waals surface area contributed by atoms with Crippen LogP contribution in [-0.4, -0.2) is 11.9 Å². The number of amides is 1. The van der Waals surface area contributed by atoms with E-state index in [4.69, 9.17) is 0 Å². The Morgan fingerprint density at radius 1 is 0.826 bits per heavy atom. The van der Waals surface area contributed by atoms with Crippen molar-refractivity contribution < 1.29 is 4.79 Å². The van der Waals surface area contributed by atoms with E-state index < -0.39 is 0 Å². The number of nitrogens with one attached hydrogen (secondary N) is 1. The Bertz CT molecular complexity index is 550. The van der Waals surface area contributed by atoms with Crippen molar-refractivity contribution in [2.45, 2.75) is 86.1 Å². The molecule has 4 fully saturated rings. The molecule has 130 valence electrons. The fourth-order valence-electron chi connectivity index (χ4n) is 7.29. The normalized spacial score (nSPS) is 52.1. The first-order valence-corrected chi connectivity index (χ1v) is 9.84. The van der Waals surface area contributed by atoms with Crippen LogP contribution in [0, 0.1) is 39.4 Å². The van der Waals surface area contributed by atoms with Gasteiger partial charge >= 0.3 is 0 Å². The van der Waals surface area contributed by atoms with Gasteiger partial charge in [0.05, 0.1) is 0 Å². The lowest BCUT2D eigenvalue weighted by Crippen LogP contribution is -2.51. The monoisotopic (exact) mass is 317 g/mol. The van der Waals surface area contributed by atoms with Crippen LogP contribution in [0.1, 0.15) is 80.1 Å². The van der Waals surface area contributed by atoms with Crippen molar-refractivity contribution in [1.29, 1.82) is 0 Å². The maximum Gasteiger partial charge on any atom is 0.223 e. The third-order valence-electron chi connectivity index (χ3n) is 10.2. The van der Waals surface area contributed by atoms with E-state index >= 15 is 0 Å². The van der Waals surface area contributed by atoms with Crippen molar-refractivity contribution in [3.63, 3.8) is 0 Å². The molecule has 0 aromatic rings. The second-order valence-electron chi connectivity index (χ2n) is 10.8. The largest absolute Gasteiger partial charge is 0.353 e. The van der Waals surface area contributed by atoms with E-state index in [9.17, 15) is 4.79 Å². The maximum atomic E-state index is 13.2. The highest BCUT2D eigenvalue weighted by Gasteiger charge is 2.65. The minimum absolute atomic E-state index is 0.204. The maximum absolute atomic E-state index is 13.2. The van der Waals surface area contributed by atoms with E-state index in [0.717, 1.165) is 18.3 Å². The van der Waals surface area contributed by atoms with E-state index in [1.165, 1.54) is 32.1 Å². The molecular weight excluding hydrogens is 282 g/mol. The number of hydrogen-bond donors (Lipinski definition) is 1. The number of rotatable bonds is 2. The van der Waals surface area contributed by atoms with Crippen LogP contribution in [-0.2, 0) is 4.79 Å². The fourth-order valence-corrected chi connectivity index (χ4v) is 7.29. The van der Waals surface area contributed by atoms with E-state index in [2.05, 4.69) is 46.9 Å². The lowest BCUT2D eigenvalue weighted by Gasteiger charge is -2.42. The highest BCUT2D eigenvalue weighted by molar-refractivity contribution is 5.81. The van der Waals surface area contributed by atoms with Gasteiger partial charge in [-0.2, -0.15) is 0 Å². The predicted molar refractivity (Wildman–Crippen MR) is 93.9 cm³/mol. The van der Waals surface area contributed by atoms with Gasteiger partial charge in [0.2, 0.25) is 5.91 Å². The Balaban J connectivity index is 1.53. The molecule has 0 spiro atoms. The average molecular weight is 318 g/mol. The van der Waals surface area contributed by atoms with Crippen LogP contribution in [0.2, 0.25) is 0 Å². The summed E-state index contributed by atoms with van der Waals surface area (Å²) in [7, 11) is 0. The summed E-state index contributed by atoms with van der Waals surface area (Å²) in [5.74, 6) is 2.15. The minimum Gasteiger partial charge on any atom is -0.353 e. The van der Waals surface area contributed by atoms with Gasteiger partial charge in [-0.15, -0.1) is 0 Å². The zero-order chi connectivity index (χ0) is 16.8. The summed E-state index contributed by atoms with van der Waals surface area (Å²) >= 11 is 0. The van der Waals surface area contributed by atoms with Gasteiger partial charge in [-0.1, -0.05) is 41.5 Å². The minimum atomic E-state index is 0.204. The summed E-state index contributed by atoms with van der Waals surface area (Å²) < 4.78 is 0. The second kappa shape index (κ2) is 4.35. The Morgan fingerprint density at radius 2 is 1.35 bits per heavy atom. The quantitative estimate of drug-likeness (QED) is 0.780. The molecule has 0 heterocycles. The zero-order valence-electron chi connectivity index (χ0n) is 16.0. The SMILES string of the molecule is CC1(C)C2CCC1(C)C(NC(=O)C1CC3CC[C@]1(C)C3(C)C)C2. The second-order valence-corrected chi connectivity index (χ2v) is 10.8. The molecule has 5 unspecified atom stereocenters. The summed E-state index contributed by atoms with van der Waals surface area (Å²) in [6.07, 6.45) is 7.51. The number of fused-ring (bicyclic) bond motifs is 4. The fraction of sp³-hybridized carbons (Fsp3) is 0.952. The lowest BCUT2D eigenvalue weighted by molar-refractivity contribution is -0.131. The van der Waals surface area contributed by atoms with Crippen LogP contribution in [0.5, 0.6) is 0 Å². The molecule has 0 aliphatic heterocycles.